The zero-order chi connectivity index (χ0) is 20.2. The van der Waals surface area contributed by atoms with Crippen LogP contribution in [0.4, 0.5) is 10.5 Å². The van der Waals surface area contributed by atoms with Gasteiger partial charge in [0.25, 0.3) is 5.91 Å². The highest BCUT2D eigenvalue weighted by molar-refractivity contribution is 14.2. The van der Waals surface area contributed by atoms with E-state index in [4.69, 9.17) is 4.42 Å². The Balaban J connectivity index is 1.34. The highest BCUT2D eigenvalue weighted by Gasteiger charge is 2.18. The van der Waals surface area contributed by atoms with Crippen LogP contribution in [0.1, 0.15) is 11.9 Å². The molecule has 12 heteroatoms. The first-order valence-electron chi connectivity index (χ1n) is 8.39. The molecule has 0 spiro atoms. The number of nitrogens with one attached hydrogen (secondary N) is 4. The van der Waals surface area contributed by atoms with Gasteiger partial charge in [-0.3, -0.25) is 10.2 Å². The number of aromatic nitrogens is 3. The summed E-state index contributed by atoms with van der Waals surface area (Å²) in [5, 5.41) is 10.9. The number of anilines is 1. The van der Waals surface area contributed by atoms with Gasteiger partial charge < -0.3 is 15.1 Å². The minimum absolute atomic E-state index is 0.361. The van der Waals surface area contributed by atoms with Crippen LogP contribution in [0.5, 0.6) is 0 Å². The van der Waals surface area contributed by atoms with E-state index in [0.717, 1.165) is 10.9 Å². The second kappa shape index (κ2) is 8.62. The van der Waals surface area contributed by atoms with Crippen molar-refractivity contribution in [3.05, 3.63) is 66.7 Å². The molecule has 0 aliphatic carbocycles. The number of carbonyl (C=O) groups excluding carboxylic acids is 2. The summed E-state index contributed by atoms with van der Waals surface area (Å²) in [6, 6.07) is 4.55. The molecule has 0 radical (unpaired) electrons. The van der Waals surface area contributed by atoms with Gasteiger partial charge >= 0.3 is 6.03 Å². The molecule has 2 atom stereocenters. The highest BCUT2D eigenvalue weighted by atomic mass is 127. The third kappa shape index (κ3) is 4.40. The van der Waals surface area contributed by atoms with Gasteiger partial charge in [0.1, 0.15) is 12.3 Å². The maximum absolute atomic E-state index is 12.3. The molecule has 148 valence electrons. The fourth-order valence-corrected chi connectivity index (χ4v) is 4.28. The van der Waals surface area contributed by atoms with Crippen molar-refractivity contribution in [3.63, 3.8) is 0 Å². The summed E-state index contributed by atoms with van der Waals surface area (Å²) in [5.74, 6) is -0.0265. The normalized spacial score (nSPS) is 15.9. The number of benzene rings is 1. The largest absolute Gasteiger partial charge is 0.446 e. The van der Waals surface area contributed by atoms with Gasteiger partial charge in [0.2, 0.25) is 5.89 Å². The summed E-state index contributed by atoms with van der Waals surface area (Å²) >= 11 is 2.25. The molecule has 3 amide bonds. The van der Waals surface area contributed by atoms with Crippen molar-refractivity contribution in [1.29, 1.82) is 0 Å². The number of dihydropyridines is 1. The Morgan fingerprint density at radius 2 is 2.21 bits per heavy atom. The van der Waals surface area contributed by atoms with Crippen LogP contribution < -0.4 is 21.5 Å². The lowest BCUT2D eigenvalue weighted by Crippen LogP contribution is -2.44. The average Bonchev–Trinajstić information content (AvgIpc) is 3.41. The van der Waals surface area contributed by atoms with E-state index in [0.29, 0.717) is 23.5 Å². The maximum Gasteiger partial charge on any atom is 0.337 e. The fourth-order valence-electron chi connectivity index (χ4n) is 2.73. The Labute approximate surface area is 179 Å². The monoisotopic (exact) mass is 523 g/mol. The standard InChI is InChI=1S/C17H15IN7O3P/c18-29-25-14-2-1-12(7-11(14)9-21-25)22-17(27)24-23-15(26)10-3-4-19-13(8-10)16-20-5-6-28-16/h1-9,13,19,29H,(H,23,26)(H2,22,24,27). The van der Waals surface area contributed by atoms with Crippen molar-refractivity contribution in [2.24, 2.45) is 0 Å². The molecule has 2 unspecified atom stereocenters. The summed E-state index contributed by atoms with van der Waals surface area (Å²) < 4.78 is 7.12. The van der Waals surface area contributed by atoms with E-state index >= 15 is 0 Å². The van der Waals surface area contributed by atoms with Crippen LogP contribution in [-0.2, 0) is 4.79 Å². The van der Waals surface area contributed by atoms with Gasteiger partial charge in [-0.1, -0.05) is 0 Å². The molecule has 4 N–H and O–H groups in total. The Morgan fingerprint density at radius 1 is 1.31 bits per heavy atom. The molecule has 1 aromatic carbocycles. The van der Waals surface area contributed by atoms with Crippen molar-refractivity contribution in [1.82, 2.24) is 30.7 Å². The number of rotatable bonds is 4. The number of amides is 3. The van der Waals surface area contributed by atoms with Crippen LogP contribution in [0.25, 0.3) is 10.9 Å². The van der Waals surface area contributed by atoms with E-state index in [9.17, 15) is 9.59 Å². The predicted molar refractivity (Wildman–Crippen MR) is 117 cm³/mol. The zero-order valence-corrected chi connectivity index (χ0v) is 17.9. The lowest BCUT2D eigenvalue weighted by Gasteiger charge is -2.16. The van der Waals surface area contributed by atoms with Crippen molar-refractivity contribution < 1.29 is 14.0 Å². The molecule has 0 saturated heterocycles. The molecule has 0 bridgehead atoms. The lowest BCUT2D eigenvalue weighted by molar-refractivity contribution is -0.117. The summed E-state index contributed by atoms with van der Waals surface area (Å²) in [5.41, 5.74) is 6.65. The Hall–Kier alpha value is -2.92. The molecule has 1 aliphatic heterocycles. The number of hydrogen-bond donors (Lipinski definition) is 4. The number of urea groups is 1. The number of hydrazine groups is 1. The first kappa shape index (κ1) is 19.4. The number of halogens is 1. The second-order valence-electron chi connectivity index (χ2n) is 5.92. The van der Waals surface area contributed by atoms with E-state index in [1.165, 1.54) is 12.5 Å². The molecule has 3 heterocycles. The third-order valence-electron chi connectivity index (χ3n) is 4.06. The average molecular weight is 523 g/mol. The van der Waals surface area contributed by atoms with Crippen LogP contribution in [0.3, 0.4) is 0 Å². The predicted octanol–water partition coefficient (Wildman–Crippen LogP) is 2.75. The lowest BCUT2D eigenvalue weighted by atomic mass is 10.1. The van der Waals surface area contributed by atoms with Crippen molar-refractivity contribution in [2.75, 3.05) is 5.32 Å². The fraction of sp³-hybridized carbons (Fsp3) is 0.0588. The van der Waals surface area contributed by atoms with Gasteiger partial charge in [-0.25, -0.2) is 19.7 Å². The van der Waals surface area contributed by atoms with Crippen LogP contribution in [0.2, 0.25) is 0 Å². The maximum atomic E-state index is 12.3. The smallest absolute Gasteiger partial charge is 0.337 e. The number of fused-ring (bicyclic) bond motifs is 1. The van der Waals surface area contributed by atoms with Gasteiger partial charge in [0.05, 0.1) is 24.3 Å². The van der Waals surface area contributed by atoms with Crippen molar-refractivity contribution in [3.8, 4) is 0 Å². The molecule has 1 aliphatic rings. The summed E-state index contributed by atoms with van der Waals surface area (Å²) in [6.45, 7) is 0. The van der Waals surface area contributed by atoms with Crippen molar-refractivity contribution in [2.45, 2.75) is 6.04 Å². The summed E-state index contributed by atoms with van der Waals surface area (Å²) in [7, 11) is 0. The molecule has 4 rings (SSSR count). The van der Waals surface area contributed by atoms with Gasteiger partial charge in [-0.05, 0) is 58.6 Å². The SMILES string of the molecule is O=C(NNC(=O)C1=CC(c2ncco2)NC=C1)Nc1ccc2c(cnn2PI)c1. The van der Waals surface area contributed by atoms with Crippen LogP contribution in [-0.4, -0.2) is 26.5 Å². The molecule has 10 nitrogen and oxygen atoms in total. The summed E-state index contributed by atoms with van der Waals surface area (Å²) in [4.78, 5) is 28.5. The van der Waals surface area contributed by atoms with E-state index in [-0.39, 0.29) is 6.04 Å². The molecule has 29 heavy (non-hydrogen) atoms. The second-order valence-corrected chi connectivity index (χ2v) is 7.96. The topological polar surface area (TPSA) is 126 Å². The minimum atomic E-state index is -0.566. The molecule has 3 aromatic rings. The summed E-state index contributed by atoms with van der Waals surface area (Å²) in [6.07, 6.45) is 10.1. The van der Waals surface area contributed by atoms with Crippen LogP contribution in [0.15, 0.2) is 65.2 Å². The first-order valence-corrected chi connectivity index (χ1v) is 12.5. The van der Waals surface area contributed by atoms with Gasteiger partial charge in [-0.2, -0.15) is 5.10 Å². The van der Waals surface area contributed by atoms with Gasteiger partial charge in [-0.15, -0.1) is 0 Å². The van der Waals surface area contributed by atoms with Crippen LogP contribution in [0, 0.1) is 0 Å². The third-order valence-corrected chi connectivity index (χ3v) is 5.95. The Morgan fingerprint density at radius 3 is 3.00 bits per heavy atom. The molecule has 0 saturated carbocycles. The number of hydrogen-bond acceptors (Lipinski definition) is 6. The number of carbonyl (C=O) groups is 2. The number of oxazole rings is 1. The quantitative estimate of drug-likeness (QED) is 0.237. The Bertz CT molecular complexity index is 1110. The van der Waals surface area contributed by atoms with E-state index in [2.05, 4.69) is 53.6 Å². The van der Waals surface area contributed by atoms with Gasteiger partial charge in [0, 0.05) is 16.6 Å². The zero-order valence-electron chi connectivity index (χ0n) is 14.7. The Kier molecular flexibility index (Phi) is 5.76. The first-order chi connectivity index (χ1) is 14.1. The minimum Gasteiger partial charge on any atom is -0.446 e. The molecular weight excluding hydrogens is 508 g/mol. The highest BCUT2D eigenvalue weighted by Crippen LogP contribution is 2.29. The number of nitrogens with zero attached hydrogens (tertiary/aromatic N) is 3. The van der Waals surface area contributed by atoms with E-state index in [1.54, 1.807) is 30.6 Å². The van der Waals surface area contributed by atoms with Gasteiger partial charge in [0.15, 0.2) is 0 Å². The molecule has 2 aromatic heterocycles. The van der Waals surface area contributed by atoms with E-state index in [1.807, 2.05) is 16.6 Å². The van der Waals surface area contributed by atoms with Crippen LogP contribution >= 0.6 is 28.4 Å². The van der Waals surface area contributed by atoms with E-state index < -0.39 is 11.9 Å². The molecular formula is C17H15IN7O3P. The molecule has 0 fully saturated rings. The van der Waals surface area contributed by atoms with Crippen molar-refractivity contribution >= 4 is 56.9 Å².